The molecule has 1 nitrogen and oxygen atoms in total. The highest BCUT2D eigenvalue weighted by molar-refractivity contribution is 6.34. The van der Waals surface area contributed by atoms with Crippen molar-refractivity contribution in [2.24, 2.45) is 0 Å². The predicted octanol–water partition coefficient (Wildman–Crippen LogP) is 5.20. The molecular formula is C21H11O. The predicted molar refractivity (Wildman–Crippen MR) is 92.4 cm³/mol. The van der Waals surface area contributed by atoms with Crippen molar-refractivity contribution in [2.75, 3.05) is 0 Å². The van der Waals surface area contributed by atoms with Gasteiger partial charge in [0, 0.05) is 10.9 Å². The molecule has 5 aromatic carbocycles. The average Bonchev–Trinajstić information content (AvgIpc) is 2.59. The highest BCUT2D eigenvalue weighted by Gasteiger charge is 2.14. The summed E-state index contributed by atoms with van der Waals surface area (Å²) in [5.41, 5.74) is 0.641. The van der Waals surface area contributed by atoms with Crippen LogP contribution >= 0.6 is 0 Å². The minimum atomic E-state index is 0.641. The van der Waals surface area contributed by atoms with Crippen LogP contribution in [0.5, 0.6) is 0 Å². The van der Waals surface area contributed by atoms with Crippen molar-refractivity contribution in [3.63, 3.8) is 0 Å². The Bertz CT molecular complexity index is 1180. The zero-order valence-corrected chi connectivity index (χ0v) is 11.8. The highest BCUT2D eigenvalue weighted by atomic mass is 16.1. The van der Waals surface area contributed by atoms with Gasteiger partial charge in [0.25, 0.3) is 0 Å². The first-order valence-electron chi connectivity index (χ1n) is 7.35. The summed E-state index contributed by atoms with van der Waals surface area (Å²) < 4.78 is 0. The Morgan fingerprint density at radius 1 is 0.545 bits per heavy atom. The van der Waals surface area contributed by atoms with E-state index in [2.05, 4.69) is 60.9 Å². The first-order valence-corrected chi connectivity index (χ1v) is 7.35. The molecule has 0 fully saturated rings. The molecule has 1 radical (unpaired) electrons. The van der Waals surface area contributed by atoms with Crippen LogP contribution in [0.4, 0.5) is 0 Å². The summed E-state index contributed by atoms with van der Waals surface area (Å²) >= 11 is 0. The topological polar surface area (TPSA) is 17.1 Å². The molecule has 0 aliphatic heterocycles. The second-order valence-electron chi connectivity index (χ2n) is 5.70. The molecule has 0 atom stereocenters. The fourth-order valence-corrected chi connectivity index (χ4v) is 3.74. The summed E-state index contributed by atoms with van der Waals surface area (Å²) in [7, 11) is 0. The quantitative estimate of drug-likeness (QED) is 0.304. The Kier molecular flexibility index (Phi) is 2.15. The summed E-state index contributed by atoms with van der Waals surface area (Å²) in [6, 6.07) is 22.9. The van der Waals surface area contributed by atoms with Gasteiger partial charge in [0.2, 0.25) is 6.29 Å². The van der Waals surface area contributed by atoms with Crippen molar-refractivity contribution in [1.82, 2.24) is 0 Å². The Morgan fingerprint density at radius 3 is 1.82 bits per heavy atom. The van der Waals surface area contributed by atoms with Crippen LogP contribution in [0.15, 0.2) is 66.7 Å². The van der Waals surface area contributed by atoms with Crippen LogP contribution in [0.25, 0.3) is 43.1 Å². The summed E-state index contributed by atoms with van der Waals surface area (Å²) in [4.78, 5) is 11.5. The van der Waals surface area contributed by atoms with E-state index in [4.69, 9.17) is 0 Å². The fraction of sp³-hybridized carbons (Fsp3) is 0. The lowest BCUT2D eigenvalue weighted by Crippen LogP contribution is -1.91. The molecule has 101 valence electrons. The highest BCUT2D eigenvalue weighted by Crippen LogP contribution is 2.40. The van der Waals surface area contributed by atoms with Crippen molar-refractivity contribution < 1.29 is 4.79 Å². The number of rotatable bonds is 1. The zero-order valence-electron chi connectivity index (χ0n) is 11.8. The smallest absolute Gasteiger partial charge is 0.234 e. The van der Waals surface area contributed by atoms with Gasteiger partial charge in [-0.15, -0.1) is 0 Å². The normalized spacial score (nSPS) is 11.8. The Hall–Kier alpha value is -2.93. The van der Waals surface area contributed by atoms with Crippen LogP contribution in [0, 0.1) is 0 Å². The molecule has 0 bridgehead atoms. The van der Waals surface area contributed by atoms with E-state index in [0.29, 0.717) is 5.56 Å². The van der Waals surface area contributed by atoms with E-state index in [-0.39, 0.29) is 0 Å². The molecule has 0 saturated heterocycles. The van der Waals surface area contributed by atoms with E-state index in [9.17, 15) is 4.79 Å². The Balaban J connectivity index is 2.31. The maximum Gasteiger partial charge on any atom is 0.234 e. The first kappa shape index (κ1) is 11.7. The van der Waals surface area contributed by atoms with Crippen LogP contribution in [0.1, 0.15) is 5.56 Å². The van der Waals surface area contributed by atoms with Crippen molar-refractivity contribution in [3.8, 4) is 0 Å². The van der Waals surface area contributed by atoms with E-state index in [0.717, 1.165) is 21.5 Å². The van der Waals surface area contributed by atoms with E-state index >= 15 is 0 Å². The lowest BCUT2D eigenvalue weighted by atomic mass is 9.88. The minimum Gasteiger partial charge on any atom is -0.285 e. The Morgan fingerprint density at radius 2 is 1.14 bits per heavy atom. The van der Waals surface area contributed by atoms with Gasteiger partial charge in [-0.25, -0.2) is 0 Å². The molecule has 0 aromatic heterocycles. The number of fused-ring (bicyclic) bond motifs is 2. The maximum absolute atomic E-state index is 11.5. The number of benzene rings is 5. The van der Waals surface area contributed by atoms with Crippen LogP contribution in [-0.4, -0.2) is 6.29 Å². The van der Waals surface area contributed by atoms with Gasteiger partial charge in [0.15, 0.2) is 0 Å². The number of hydrogen-bond acceptors (Lipinski definition) is 1. The SMILES string of the molecule is O=[C]c1ccc2cccc3c4cccc5cccc(c1c23)c54. The van der Waals surface area contributed by atoms with E-state index in [1.807, 2.05) is 12.1 Å². The molecular weight excluding hydrogens is 268 g/mol. The van der Waals surface area contributed by atoms with Crippen LogP contribution in [0.2, 0.25) is 0 Å². The summed E-state index contributed by atoms with van der Waals surface area (Å²) in [5, 5.41) is 9.37. The van der Waals surface area contributed by atoms with Gasteiger partial charge >= 0.3 is 0 Å². The molecule has 22 heavy (non-hydrogen) atoms. The van der Waals surface area contributed by atoms with E-state index in [1.165, 1.54) is 21.5 Å². The van der Waals surface area contributed by atoms with Crippen LogP contribution in [-0.2, 0) is 4.79 Å². The molecule has 0 heterocycles. The molecule has 0 unspecified atom stereocenters. The summed E-state index contributed by atoms with van der Waals surface area (Å²) in [5.74, 6) is 0. The van der Waals surface area contributed by atoms with Crippen molar-refractivity contribution in [1.29, 1.82) is 0 Å². The number of carbonyl (C=O) groups excluding carboxylic acids is 1. The van der Waals surface area contributed by atoms with Crippen molar-refractivity contribution in [3.05, 3.63) is 72.3 Å². The van der Waals surface area contributed by atoms with Gasteiger partial charge in [-0.2, -0.15) is 0 Å². The van der Waals surface area contributed by atoms with E-state index < -0.39 is 0 Å². The molecule has 5 rings (SSSR count). The third-order valence-corrected chi connectivity index (χ3v) is 4.62. The third kappa shape index (κ3) is 1.31. The van der Waals surface area contributed by atoms with Gasteiger partial charge in [0.1, 0.15) is 0 Å². The molecule has 0 aliphatic rings. The standard InChI is InChI=1S/C21H11O/c22-12-15-11-10-14-6-2-8-17-16-7-1-4-13-5-3-9-18(19(13)16)21(15)20(14)17/h1-11H. The van der Waals surface area contributed by atoms with Gasteiger partial charge in [-0.1, -0.05) is 60.7 Å². The molecule has 0 N–H and O–H groups in total. The molecule has 1 heteroatoms. The maximum atomic E-state index is 11.5. The van der Waals surface area contributed by atoms with Gasteiger partial charge in [0.05, 0.1) is 0 Å². The first-order chi connectivity index (χ1) is 10.9. The fourth-order valence-electron chi connectivity index (χ4n) is 3.74. The average molecular weight is 279 g/mol. The third-order valence-electron chi connectivity index (χ3n) is 4.62. The minimum absolute atomic E-state index is 0.641. The molecule has 0 spiro atoms. The largest absolute Gasteiger partial charge is 0.285 e. The molecule has 5 aromatic rings. The molecule has 0 saturated carbocycles. The van der Waals surface area contributed by atoms with Gasteiger partial charge in [-0.05, 0) is 43.8 Å². The van der Waals surface area contributed by atoms with Crippen molar-refractivity contribution >= 4 is 49.4 Å². The second-order valence-corrected chi connectivity index (χ2v) is 5.70. The zero-order chi connectivity index (χ0) is 14.7. The van der Waals surface area contributed by atoms with Crippen LogP contribution < -0.4 is 0 Å². The lowest BCUT2D eigenvalue weighted by molar-refractivity contribution is 0.563. The molecule has 0 aliphatic carbocycles. The number of hydrogen-bond donors (Lipinski definition) is 0. The monoisotopic (exact) mass is 279 g/mol. The summed E-state index contributed by atoms with van der Waals surface area (Å²) in [6.07, 6.45) is 2.12. The Labute approximate surface area is 127 Å². The second kappa shape index (κ2) is 4.05. The van der Waals surface area contributed by atoms with Gasteiger partial charge < -0.3 is 0 Å². The lowest BCUT2D eigenvalue weighted by Gasteiger charge is -2.15. The van der Waals surface area contributed by atoms with E-state index in [1.54, 1.807) is 0 Å². The van der Waals surface area contributed by atoms with Gasteiger partial charge in [-0.3, -0.25) is 4.79 Å². The summed E-state index contributed by atoms with van der Waals surface area (Å²) in [6.45, 7) is 0. The molecule has 0 amide bonds. The van der Waals surface area contributed by atoms with Crippen LogP contribution in [0.3, 0.4) is 0 Å². The van der Waals surface area contributed by atoms with Crippen molar-refractivity contribution in [2.45, 2.75) is 0 Å².